The SMILES string of the molecule is Cc1cc(-c2cn3cc(-c4ccc(CO)o4)ccc3n2)ccc1Cl. The average molecular weight is 339 g/mol. The van der Waals surface area contributed by atoms with Crippen LogP contribution in [0, 0.1) is 6.92 Å². The number of hydrogen-bond acceptors (Lipinski definition) is 3. The number of furan rings is 1. The van der Waals surface area contributed by atoms with Gasteiger partial charge in [0.25, 0.3) is 0 Å². The number of halogens is 1. The second-order valence-electron chi connectivity index (χ2n) is 5.70. The number of rotatable bonds is 3. The van der Waals surface area contributed by atoms with Crippen LogP contribution in [0.2, 0.25) is 5.02 Å². The molecule has 0 saturated carbocycles. The lowest BCUT2D eigenvalue weighted by atomic mass is 10.1. The van der Waals surface area contributed by atoms with Gasteiger partial charge in [-0.1, -0.05) is 17.7 Å². The van der Waals surface area contributed by atoms with E-state index in [-0.39, 0.29) is 6.61 Å². The number of aromatic nitrogens is 2. The number of fused-ring (bicyclic) bond motifs is 1. The molecule has 4 rings (SSSR count). The zero-order chi connectivity index (χ0) is 16.7. The highest BCUT2D eigenvalue weighted by atomic mass is 35.5. The second-order valence-corrected chi connectivity index (χ2v) is 6.10. The summed E-state index contributed by atoms with van der Waals surface area (Å²) >= 11 is 6.10. The zero-order valence-corrected chi connectivity index (χ0v) is 13.8. The molecule has 3 heterocycles. The van der Waals surface area contributed by atoms with Crippen LogP contribution in [0.4, 0.5) is 0 Å². The molecule has 0 spiro atoms. The summed E-state index contributed by atoms with van der Waals surface area (Å²) in [5.41, 5.74) is 4.73. The first kappa shape index (κ1) is 15.0. The van der Waals surface area contributed by atoms with Gasteiger partial charge in [-0.2, -0.15) is 0 Å². The van der Waals surface area contributed by atoms with Crippen LogP contribution in [0.1, 0.15) is 11.3 Å². The first-order valence-corrected chi connectivity index (χ1v) is 7.97. The molecule has 0 aliphatic heterocycles. The molecule has 0 aliphatic carbocycles. The normalized spacial score (nSPS) is 11.3. The molecular weight excluding hydrogens is 324 g/mol. The van der Waals surface area contributed by atoms with E-state index < -0.39 is 0 Å². The quantitative estimate of drug-likeness (QED) is 0.588. The van der Waals surface area contributed by atoms with E-state index in [1.54, 1.807) is 6.07 Å². The highest BCUT2D eigenvalue weighted by molar-refractivity contribution is 6.31. The van der Waals surface area contributed by atoms with Crippen molar-refractivity contribution in [3.63, 3.8) is 0 Å². The van der Waals surface area contributed by atoms with E-state index in [2.05, 4.69) is 4.98 Å². The minimum atomic E-state index is -0.104. The van der Waals surface area contributed by atoms with Crippen LogP contribution in [0.15, 0.2) is 59.3 Å². The zero-order valence-electron chi connectivity index (χ0n) is 13.0. The standard InChI is InChI=1S/C19H15ClN2O2/c1-12-8-13(2-5-16(12)20)17-10-22-9-14(3-7-19(22)21-17)18-6-4-15(11-23)24-18/h2-10,23H,11H2,1H3. The van der Waals surface area contributed by atoms with Crippen LogP contribution in [0.3, 0.4) is 0 Å². The lowest BCUT2D eigenvalue weighted by Crippen LogP contribution is -1.84. The fourth-order valence-corrected chi connectivity index (χ4v) is 2.82. The van der Waals surface area contributed by atoms with Crippen molar-refractivity contribution in [2.24, 2.45) is 0 Å². The molecule has 0 unspecified atom stereocenters. The van der Waals surface area contributed by atoms with Crippen LogP contribution < -0.4 is 0 Å². The largest absolute Gasteiger partial charge is 0.459 e. The summed E-state index contributed by atoms with van der Waals surface area (Å²) < 4.78 is 7.56. The lowest BCUT2D eigenvalue weighted by molar-refractivity contribution is 0.248. The predicted molar refractivity (Wildman–Crippen MR) is 94.0 cm³/mol. The molecule has 0 aliphatic rings. The van der Waals surface area contributed by atoms with Crippen molar-refractivity contribution in [2.75, 3.05) is 0 Å². The third kappa shape index (κ3) is 2.60. The summed E-state index contributed by atoms with van der Waals surface area (Å²) in [6.07, 6.45) is 3.95. The first-order valence-electron chi connectivity index (χ1n) is 7.59. The minimum absolute atomic E-state index is 0.104. The third-order valence-corrected chi connectivity index (χ3v) is 4.43. The van der Waals surface area contributed by atoms with E-state index in [0.717, 1.165) is 38.8 Å². The van der Waals surface area contributed by atoms with Crippen LogP contribution in [0.5, 0.6) is 0 Å². The molecule has 0 bridgehead atoms. The van der Waals surface area contributed by atoms with E-state index in [0.29, 0.717) is 5.76 Å². The third-order valence-electron chi connectivity index (χ3n) is 4.01. The minimum Gasteiger partial charge on any atom is -0.459 e. The topological polar surface area (TPSA) is 50.7 Å². The van der Waals surface area contributed by atoms with Crippen molar-refractivity contribution in [3.05, 3.63) is 71.2 Å². The highest BCUT2D eigenvalue weighted by Crippen LogP contribution is 2.27. The van der Waals surface area contributed by atoms with Gasteiger partial charge in [-0.25, -0.2) is 4.98 Å². The van der Waals surface area contributed by atoms with Crippen molar-refractivity contribution >= 4 is 17.2 Å². The number of pyridine rings is 1. The summed E-state index contributed by atoms with van der Waals surface area (Å²) in [5.74, 6) is 1.27. The Bertz CT molecular complexity index is 1030. The van der Waals surface area contributed by atoms with Gasteiger partial charge in [0.2, 0.25) is 0 Å². The van der Waals surface area contributed by atoms with Crippen molar-refractivity contribution in [3.8, 4) is 22.6 Å². The van der Waals surface area contributed by atoms with Crippen LogP contribution in [0.25, 0.3) is 28.2 Å². The van der Waals surface area contributed by atoms with Gasteiger partial charge in [0.05, 0.1) is 5.69 Å². The van der Waals surface area contributed by atoms with Crippen LogP contribution in [-0.2, 0) is 6.61 Å². The smallest absolute Gasteiger partial charge is 0.137 e. The fourth-order valence-electron chi connectivity index (χ4n) is 2.70. The summed E-state index contributed by atoms with van der Waals surface area (Å²) in [6, 6.07) is 13.4. The maximum absolute atomic E-state index is 9.12. The molecule has 1 aromatic carbocycles. The van der Waals surface area contributed by atoms with Gasteiger partial charge in [0.1, 0.15) is 23.8 Å². The average Bonchev–Trinajstić information content (AvgIpc) is 3.22. The Morgan fingerprint density at radius 2 is 1.92 bits per heavy atom. The van der Waals surface area contributed by atoms with Crippen molar-refractivity contribution in [2.45, 2.75) is 13.5 Å². The maximum Gasteiger partial charge on any atom is 0.137 e. The molecule has 120 valence electrons. The monoisotopic (exact) mass is 338 g/mol. The number of benzene rings is 1. The number of hydrogen-bond donors (Lipinski definition) is 1. The molecule has 4 nitrogen and oxygen atoms in total. The Morgan fingerprint density at radius 1 is 1.08 bits per heavy atom. The van der Waals surface area contributed by atoms with Crippen LogP contribution in [-0.4, -0.2) is 14.5 Å². The predicted octanol–water partition coefficient (Wildman–Crippen LogP) is 4.72. The highest BCUT2D eigenvalue weighted by Gasteiger charge is 2.09. The number of aliphatic hydroxyl groups is 1. The molecular formula is C19H15ClN2O2. The van der Waals surface area contributed by atoms with Crippen LogP contribution >= 0.6 is 11.6 Å². The molecule has 4 aromatic rings. The van der Waals surface area contributed by atoms with Crippen molar-refractivity contribution < 1.29 is 9.52 Å². The Kier molecular flexibility index (Phi) is 3.63. The van der Waals surface area contributed by atoms with Crippen molar-refractivity contribution in [1.82, 2.24) is 9.38 Å². The van der Waals surface area contributed by atoms with E-state index >= 15 is 0 Å². The van der Waals surface area contributed by atoms with Gasteiger partial charge in [-0.05, 0) is 48.9 Å². The van der Waals surface area contributed by atoms with E-state index in [9.17, 15) is 0 Å². The second kappa shape index (κ2) is 5.82. The number of aryl methyl sites for hydroxylation is 1. The molecule has 0 radical (unpaired) electrons. The number of nitrogens with zero attached hydrogens (tertiary/aromatic N) is 2. The van der Waals surface area contributed by atoms with Gasteiger partial charge < -0.3 is 13.9 Å². The number of aliphatic hydroxyl groups excluding tert-OH is 1. The Balaban J connectivity index is 1.76. The first-order chi connectivity index (χ1) is 11.6. The Labute approximate surface area is 144 Å². The maximum atomic E-state index is 9.12. The Morgan fingerprint density at radius 3 is 2.67 bits per heavy atom. The fraction of sp³-hybridized carbons (Fsp3) is 0.105. The summed E-state index contributed by atoms with van der Waals surface area (Å²) in [7, 11) is 0. The van der Waals surface area contributed by atoms with E-state index in [1.807, 2.05) is 60.1 Å². The summed E-state index contributed by atoms with van der Waals surface area (Å²) in [6.45, 7) is 1.88. The molecule has 5 heteroatoms. The van der Waals surface area contributed by atoms with E-state index in [1.165, 1.54) is 0 Å². The van der Waals surface area contributed by atoms with Crippen molar-refractivity contribution in [1.29, 1.82) is 0 Å². The van der Waals surface area contributed by atoms with Gasteiger partial charge in [0, 0.05) is 28.5 Å². The molecule has 0 atom stereocenters. The molecule has 0 saturated heterocycles. The van der Waals surface area contributed by atoms with E-state index in [4.69, 9.17) is 21.1 Å². The summed E-state index contributed by atoms with van der Waals surface area (Å²) in [4.78, 5) is 4.66. The van der Waals surface area contributed by atoms with Gasteiger partial charge in [0.15, 0.2) is 0 Å². The summed E-state index contributed by atoms with van der Waals surface area (Å²) in [5, 5.41) is 9.87. The molecule has 3 aromatic heterocycles. The lowest BCUT2D eigenvalue weighted by Gasteiger charge is -2.00. The molecule has 24 heavy (non-hydrogen) atoms. The number of imidazole rings is 1. The van der Waals surface area contributed by atoms with Gasteiger partial charge in [-0.3, -0.25) is 0 Å². The van der Waals surface area contributed by atoms with Gasteiger partial charge >= 0.3 is 0 Å². The molecule has 0 amide bonds. The van der Waals surface area contributed by atoms with Gasteiger partial charge in [-0.15, -0.1) is 0 Å². The molecule has 1 N–H and O–H groups in total. The molecule has 0 fully saturated rings. The Hall–Kier alpha value is -2.56.